The second-order valence-corrected chi connectivity index (χ2v) is 4.07. The van der Waals surface area contributed by atoms with Crippen molar-refractivity contribution >= 4 is 6.79 Å². The Morgan fingerprint density at radius 3 is 2.63 bits per heavy atom. The average Bonchev–Trinajstić information content (AvgIpc) is 2.45. The third kappa shape index (κ3) is 8.21. The lowest BCUT2D eigenvalue weighted by Gasteiger charge is -2.15. The summed E-state index contributed by atoms with van der Waals surface area (Å²) in [6.07, 6.45) is 2.08. The monoisotopic (exact) mass is 268 g/mol. The first-order valence-corrected chi connectivity index (χ1v) is 6.54. The van der Waals surface area contributed by atoms with Gasteiger partial charge in [0.2, 0.25) is 0 Å². The zero-order valence-electron chi connectivity index (χ0n) is 11.8. The van der Waals surface area contributed by atoms with Crippen molar-refractivity contribution in [1.29, 1.82) is 0 Å². The number of aromatic hydroxyl groups is 1. The van der Waals surface area contributed by atoms with Crippen LogP contribution in [0.2, 0.25) is 0 Å². The minimum Gasteiger partial charge on any atom is -0.508 e. The van der Waals surface area contributed by atoms with Crippen LogP contribution in [0.4, 0.5) is 0 Å². The van der Waals surface area contributed by atoms with Crippen molar-refractivity contribution in [3.05, 3.63) is 24.3 Å². The first-order valence-electron chi connectivity index (χ1n) is 6.54. The topological polar surface area (TPSA) is 55.8 Å². The van der Waals surface area contributed by atoms with Crippen LogP contribution in [-0.4, -0.2) is 31.7 Å². The summed E-state index contributed by atoms with van der Waals surface area (Å²) in [6.45, 7) is 8.41. The molecule has 4 heteroatoms. The Labute approximate surface area is 115 Å². The van der Waals surface area contributed by atoms with E-state index in [4.69, 9.17) is 14.3 Å². The van der Waals surface area contributed by atoms with Crippen molar-refractivity contribution < 1.29 is 19.4 Å². The van der Waals surface area contributed by atoms with E-state index in [9.17, 15) is 5.11 Å². The highest BCUT2D eigenvalue weighted by Crippen LogP contribution is 2.18. The van der Waals surface area contributed by atoms with Crippen LogP contribution in [-0.2, 0) is 9.53 Å². The largest absolute Gasteiger partial charge is 0.508 e. The standard InChI is InChI=1S/C14H22O3.CH2O/c1-3-12(11-16-4-2)8-9-17-14-7-5-6-13(15)10-14;1-2/h5-7,10,12,15H,3-4,8-9,11H2,1-2H3;1H2. The molecule has 0 saturated heterocycles. The third-order valence-electron chi connectivity index (χ3n) is 2.75. The van der Waals surface area contributed by atoms with E-state index >= 15 is 0 Å². The fraction of sp³-hybridized carbons (Fsp3) is 0.533. The fourth-order valence-electron chi connectivity index (χ4n) is 1.61. The van der Waals surface area contributed by atoms with Crippen LogP contribution in [0, 0.1) is 5.92 Å². The first kappa shape index (κ1) is 17.4. The predicted molar refractivity (Wildman–Crippen MR) is 75.6 cm³/mol. The molecule has 0 fully saturated rings. The van der Waals surface area contributed by atoms with Gasteiger partial charge in [-0.05, 0) is 31.4 Å². The molecule has 1 rings (SSSR count). The molecule has 0 amide bonds. The summed E-state index contributed by atoms with van der Waals surface area (Å²) in [4.78, 5) is 8.00. The van der Waals surface area contributed by atoms with Crippen LogP contribution in [0.15, 0.2) is 24.3 Å². The Kier molecular flexibility index (Phi) is 10.6. The summed E-state index contributed by atoms with van der Waals surface area (Å²) < 4.78 is 11.0. The fourth-order valence-corrected chi connectivity index (χ4v) is 1.61. The summed E-state index contributed by atoms with van der Waals surface area (Å²) in [5, 5.41) is 9.28. The van der Waals surface area contributed by atoms with Gasteiger partial charge in [-0.2, -0.15) is 0 Å². The van der Waals surface area contributed by atoms with E-state index in [0.717, 1.165) is 31.8 Å². The maximum absolute atomic E-state index is 9.28. The van der Waals surface area contributed by atoms with Gasteiger partial charge in [0.15, 0.2) is 0 Å². The van der Waals surface area contributed by atoms with Gasteiger partial charge in [0, 0.05) is 19.3 Å². The summed E-state index contributed by atoms with van der Waals surface area (Å²) in [6, 6.07) is 6.89. The molecule has 0 aliphatic heterocycles. The first-order chi connectivity index (χ1) is 9.26. The molecular weight excluding hydrogens is 244 g/mol. The van der Waals surface area contributed by atoms with E-state index in [2.05, 4.69) is 6.92 Å². The molecular formula is C15H24O4. The average molecular weight is 268 g/mol. The second-order valence-electron chi connectivity index (χ2n) is 4.07. The van der Waals surface area contributed by atoms with Gasteiger partial charge in [-0.1, -0.05) is 19.4 Å². The summed E-state index contributed by atoms with van der Waals surface area (Å²) in [5.74, 6) is 1.51. The molecule has 1 unspecified atom stereocenters. The van der Waals surface area contributed by atoms with Crippen LogP contribution in [0.5, 0.6) is 11.5 Å². The summed E-state index contributed by atoms with van der Waals surface area (Å²) >= 11 is 0. The molecule has 0 heterocycles. The van der Waals surface area contributed by atoms with E-state index in [1.807, 2.05) is 19.8 Å². The molecule has 1 N–H and O–H groups in total. The molecule has 0 saturated carbocycles. The van der Waals surface area contributed by atoms with Crippen LogP contribution in [0.3, 0.4) is 0 Å². The number of hydrogen-bond acceptors (Lipinski definition) is 4. The van der Waals surface area contributed by atoms with Gasteiger partial charge in [0.25, 0.3) is 0 Å². The molecule has 0 aliphatic carbocycles. The summed E-state index contributed by atoms with van der Waals surface area (Å²) in [5.41, 5.74) is 0. The Morgan fingerprint density at radius 2 is 2.05 bits per heavy atom. The number of benzene rings is 1. The number of hydrogen-bond donors (Lipinski definition) is 1. The Bertz CT molecular complexity index is 328. The number of ether oxygens (including phenoxy) is 2. The minimum atomic E-state index is 0.240. The van der Waals surface area contributed by atoms with Gasteiger partial charge in [-0.3, -0.25) is 0 Å². The maximum Gasteiger partial charge on any atom is 0.122 e. The zero-order chi connectivity index (χ0) is 14.5. The van der Waals surface area contributed by atoms with Crippen molar-refractivity contribution in [2.24, 2.45) is 5.92 Å². The molecule has 1 aromatic carbocycles. The van der Waals surface area contributed by atoms with Gasteiger partial charge >= 0.3 is 0 Å². The molecule has 0 radical (unpaired) electrons. The molecule has 0 aliphatic rings. The van der Waals surface area contributed by atoms with Crippen molar-refractivity contribution in [2.75, 3.05) is 19.8 Å². The number of phenols is 1. The highest BCUT2D eigenvalue weighted by atomic mass is 16.5. The molecule has 1 atom stereocenters. The highest BCUT2D eigenvalue weighted by Gasteiger charge is 2.06. The zero-order valence-corrected chi connectivity index (χ0v) is 11.8. The number of phenolic OH excluding ortho intramolecular Hbond substituents is 1. The van der Waals surface area contributed by atoms with Gasteiger partial charge in [0.05, 0.1) is 6.61 Å². The number of rotatable bonds is 8. The molecule has 4 nitrogen and oxygen atoms in total. The van der Waals surface area contributed by atoms with Gasteiger partial charge in [-0.25, -0.2) is 0 Å². The summed E-state index contributed by atoms with van der Waals surface area (Å²) in [7, 11) is 0. The number of carbonyl (C=O) groups is 1. The molecule has 108 valence electrons. The molecule has 0 aromatic heterocycles. The van der Waals surface area contributed by atoms with E-state index < -0.39 is 0 Å². The van der Waals surface area contributed by atoms with E-state index in [1.54, 1.807) is 18.2 Å². The van der Waals surface area contributed by atoms with Crippen LogP contribution < -0.4 is 4.74 Å². The van der Waals surface area contributed by atoms with E-state index in [-0.39, 0.29) is 5.75 Å². The third-order valence-corrected chi connectivity index (χ3v) is 2.75. The Hall–Kier alpha value is -1.55. The maximum atomic E-state index is 9.28. The van der Waals surface area contributed by atoms with Crippen molar-refractivity contribution in [3.63, 3.8) is 0 Å². The van der Waals surface area contributed by atoms with Crippen molar-refractivity contribution in [1.82, 2.24) is 0 Å². The lowest BCUT2D eigenvalue weighted by atomic mass is 10.0. The molecule has 0 bridgehead atoms. The lowest BCUT2D eigenvalue weighted by molar-refractivity contribution is -0.0979. The van der Waals surface area contributed by atoms with Crippen molar-refractivity contribution in [3.8, 4) is 11.5 Å². The van der Waals surface area contributed by atoms with E-state index in [1.165, 1.54) is 0 Å². The van der Waals surface area contributed by atoms with Crippen LogP contribution in [0.25, 0.3) is 0 Å². The lowest BCUT2D eigenvalue weighted by Crippen LogP contribution is -2.12. The Balaban J connectivity index is 0.00000154. The molecule has 19 heavy (non-hydrogen) atoms. The van der Waals surface area contributed by atoms with Gasteiger partial charge < -0.3 is 19.4 Å². The SMILES string of the molecule is C=O.CCOCC(CC)CCOc1cccc(O)c1. The Morgan fingerprint density at radius 1 is 1.32 bits per heavy atom. The number of carbonyl (C=O) groups excluding carboxylic acids is 1. The smallest absolute Gasteiger partial charge is 0.122 e. The predicted octanol–water partition coefficient (Wildman–Crippen LogP) is 3.04. The van der Waals surface area contributed by atoms with Crippen molar-refractivity contribution in [2.45, 2.75) is 26.7 Å². The van der Waals surface area contributed by atoms with Gasteiger partial charge in [0.1, 0.15) is 18.3 Å². The van der Waals surface area contributed by atoms with Gasteiger partial charge in [-0.15, -0.1) is 0 Å². The van der Waals surface area contributed by atoms with Crippen LogP contribution in [0.1, 0.15) is 26.7 Å². The normalized spacial score (nSPS) is 11.3. The second kappa shape index (κ2) is 11.5. The molecule has 1 aromatic rings. The minimum absolute atomic E-state index is 0.240. The quantitative estimate of drug-likeness (QED) is 0.787. The van der Waals surface area contributed by atoms with Crippen LogP contribution >= 0.6 is 0 Å². The van der Waals surface area contributed by atoms with E-state index in [0.29, 0.717) is 12.5 Å². The highest BCUT2D eigenvalue weighted by molar-refractivity contribution is 5.31. The molecule has 0 spiro atoms.